The lowest BCUT2D eigenvalue weighted by molar-refractivity contribution is -0.117. The van der Waals surface area contributed by atoms with Gasteiger partial charge in [0.2, 0.25) is 5.91 Å². The second-order valence-electron chi connectivity index (χ2n) is 4.10. The molecule has 1 atom stereocenters. The van der Waals surface area contributed by atoms with E-state index in [9.17, 15) is 9.59 Å². The van der Waals surface area contributed by atoms with Crippen molar-refractivity contribution in [1.29, 1.82) is 0 Å². The first-order chi connectivity index (χ1) is 8.99. The maximum absolute atomic E-state index is 11.8. The first-order valence-corrected chi connectivity index (χ1v) is 5.97. The second kappa shape index (κ2) is 6.75. The van der Waals surface area contributed by atoms with Gasteiger partial charge in [-0.1, -0.05) is 13.3 Å². The van der Waals surface area contributed by atoms with Crippen LogP contribution in [0.4, 0.5) is 5.69 Å². The summed E-state index contributed by atoms with van der Waals surface area (Å²) in [6, 6.07) is 3.62. The van der Waals surface area contributed by atoms with Crippen LogP contribution >= 0.6 is 0 Å². The molecule has 0 heterocycles. The van der Waals surface area contributed by atoms with Gasteiger partial charge in [0.15, 0.2) is 0 Å². The van der Waals surface area contributed by atoms with Crippen LogP contribution in [0.5, 0.6) is 5.75 Å². The van der Waals surface area contributed by atoms with Gasteiger partial charge in [-0.3, -0.25) is 4.79 Å². The maximum atomic E-state index is 11.8. The third kappa shape index (κ3) is 3.96. The van der Waals surface area contributed by atoms with E-state index in [1.54, 1.807) is 0 Å². The van der Waals surface area contributed by atoms with Gasteiger partial charge < -0.3 is 20.9 Å². The number of rotatable bonds is 6. The van der Waals surface area contributed by atoms with Crippen molar-refractivity contribution < 1.29 is 19.4 Å². The molecule has 19 heavy (non-hydrogen) atoms. The first-order valence-electron chi connectivity index (χ1n) is 5.97. The van der Waals surface area contributed by atoms with Crippen LogP contribution in [0.3, 0.4) is 0 Å². The molecule has 6 heteroatoms. The third-order valence-electron chi connectivity index (χ3n) is 2.64. The highest BCUT2D eigenvalue weighted by atomic mass is 16.5. The van der Waals surface area contributed by atoms with Crippen LogP contribution in [0.2, 0.25) is 0 Å². The van der Waals surface area contributed by atoms with Gasteiger partial charge in [-0.2, -0.15) is 0 Å². The average Bonchev–Trinajstić information content (AvgIpc) is 2.38. The van der Waals surface area contributed by atoms with Gasteiger partial charge in [0, 0.05) is 0 Å². The molecule has 0 spiro atoms. The molecular formula is C13H18N2O4. The van der Waals surface area contributed by atoms with E-state index in [1.807, 2.05) is 6.92 Å². The SMILES string of the molecule is CCC[C@@H](N)C(=O)Nc1cc(C(=O)O)ccc1OC. The summed E-state index contributed by atoms with van der Waals surface area (Å²) in [5.41, 5.74) is 6.07. The molecule has 1 amide bonds. The van der Waals surface area contributed by atoms with E-state index >= 15 is 0 Å². The van der Waals surface area contributed by atoms with Gasteiger partial charge in [-0.25, -0.2) is 4.79 Å². The normalized spacial score (nSPS) is 11.7. The molecule has 4 N–H and O–H groups in total. The Morgan fingerprint density at radius 3 is 2.68 bits per heavy atom. The molecule has 0 saturated heterocycles. The molecule has 0 fully saturated rings. The Bertz CT molecular complexity index is 474. The quantitative estimate of drug-likeness (QED) is 0.723. The Hall–Kier alpha value is -2.08. The molecule has 0 radical (unpaired) electrons. The Morgan fingerprint density at radius 1 is 1.47 bits per heavy atom. The van der Waals surface area contributed by atoms with Crippen molar-refractivity contribution in [2.75, 3.05) is 12.4 Å². The highest BCUT2D eigenvalue weighted by Crippen LogP contribution is 2.25. The van der Waals surface area contributed by atoms with Crippen molar-refractivity contribution in [2.45, 2.75) is 25.8 Å². The minimum Gasteiger partial charge on any atom is -0.495 e. The highest BCUT2D eigenvalue weighted by Gasteiger charge is 2.16. The molecule has 104 valence electrons. The fourth-order valence-electron chi connectivity index (χ4n) is 1.61. The van der Waals surface area contributed by atoms with E-state index in [0.29, 0.717) is 17.9 Å². The van der Waals surface area contributed by atoms with Gasteiger partial charge in [0.05, 0.1) is 24.4 Å². The number of hydrogen-bond donors (Lipinski definition) is 3. The van der Waals surface area contributed by atoms with Gasteiger partial charge in [0.25, 0.3) is 0 Å². The molecule has 0 bridgehead atoms. The van der Waals surface area contributed by atoms with Crippen LogP contribution < -0.4 is 15.8 Å². The number of carbonyl (C=O) groups is 2. The Morgan fingerprint density at radius 2 is 2.16 bits per heavy atom. The summed E-state index contributed by atoms with van der Waals surface area (Å²) in [4.78, 5) is 22.7. The van der Waals surface area contributed by atoms with Gasteiger partial charge in [0.1, 0.15) is 5.75 Å². The van der Waals surface area contributed by atoms with E-state index in [4.69, 9.17) is 15.6 Å². The number of ether oxygens (including phenoxy) is 1. The van der Waals surface area contributed by atoms with E-state index in [-0.39, 0.29) is 11.5 Å². The fourth-order valence-corrected chi connectivity index (χ4v) is 1.61. The van der Waals surface area contributed by atoms with E-state index < -0.39 is 12.0 Å². The topological polar surface area (TPSA) is 102 Å². The average molecular weight is 266 g/mol. The second-order valence-corrected chi connectivity index (χ2v) is 4.10. The van der Waals surface area contributed by atoms with E-state index in [0.717, 1.165) is 6.42 Å². The summed E-state index contributed by atoms with van der Waals surface area (Å²) in [6.45, 7) is 1.93. The summed E-state index contributed by atoms with van der Waals surface area (Å²) >= 11 is 0. The molecule has 0 aliphatic heterocycles. The largest absolute Gasteiger partial charge is 0.495 e. The Kier molecular flexibility index (Phi) is 5.32. The molecular weight excluding hydrogens is 248 g/mol. The number of carboxylic acids is 1. The van der Waals surface area contributed by atoms with Gasteiger partial charge in [-0.05, 0) is 24.6 Å². The smallest absolute Gasteiger partial charge is 0.335 e. The van der Waals surface area contributed by atoms with Crippen molar-refractivity contribution in [1.82, 2.24) is 0 Å². The molecule has 1 rings (SSSR count). The summed E-state index contributed by atoms with van der Waals surface area (Å²) < 4.78 is 5.07. The van der Waals surface area contributed by atoms with Crippen LogP contribution in [0.15, 0.2) is 18.2 Å². The summed E-state index contributed by atoms with van der Waals surface area (Å²) in [5, 5.41) is 11.5. The monoisotopic (exact) mass is 266 g/mol. The zero-order chi connectivity index (χ0) is 14.4. The van der Waals surface area contributed by atoms with Crippen LogP contribution in [0, 0.1) is 0 Å². The minimum absolute atomic E-state index is 0.0696. The maximum Gasteiger partial charge on any atom is 0.335 e. The predicted octanol–water partition coefficient (Wildman–Crippen LogP) is 1.46. The lowest BCUT2D eigenvalue weighted by Crippen LogP contribution is -2.35. The molecule has 0 unspecified atom stereocenters. The molecule has 6 nitrogen and oxygen atoms in total. The number of nitrogens with one attached hydrogen (secondary N) is 1. The zero-order valence-electron chi connectivity index (χ0n) is 11.0. The van der Waals surface area contributed by atoms with Gasteiger partial charge >= 0.3 is 5.97 Å². The molecule has 0 aromatic heterocycles. The van der Waals surface area contributed by atoms with Crippen LogP contribution in [-0.2, 0) is 4.79 Å². The molecule has 1 aromatic carbocycles. The van der Waals surface area contributed by atoms with Crippen molar-refractivity contribution >= 4 is 17.6 Å². The first kappa shape index (κ1) is 15.0. The van der Waals surface area contributed by atoms with Crippen molar-refractivity contribution in [3.05, 3.63) is 23.8 Å². The number of methoxy groups -OCH3 is 1. The predicted molar refractivity (Wildman–Crippen MR) is 71.5 cm³/mol. The minimum atomic E-state index is -1.07. The standard InChI is InChI=1S/C13H18N2O4/c1-3-4-9(14)12(16)15-10-7-8(13(17)18)5-6-11(10)19-2/h5-7,9H,3-4,14H2,1-2H3,(H,15,16)(H,17,18)/t9-/m1/s1. The lowest BCUT2D eigenvalue weighted by Gasteiger charge is -2.14. The number of carbonyl (C=O) groups excluding carboxylic acids is 1. The molecule has 0 aliphatic carbocycles. The summed E-state index contributed by atoms with van der Waals surface area (Å²) in [7, 11) is 1.44. The summed E-state index contributed by atoms with van der Waals surface area (Å²) in [6.07, 6.45) is 1.35. The Balaban J connectivity index is 2.94. The van der Waals surface area contributed by atoms with Crippen LogP contribution in [-0.4, -0.2) is 30.1 Å². The van der Waals surface area contributed by atoms with Crippen molar-refractivity contribution in [2.24, 2.45) is 5.73 Å². The molecule has 1 aromatic rings. The number of hydrogen-bond acceptors (Lipinski definition) is 4. The van der Waals surface area contributed by atoms with E-state index in [2.05, 4.69) is 5.32 Å². The third-order valence-corrected chi connectivity index (χ3v) is 2.64. The number of anilines is 1. The fraction of sp³-hybridized carbons (Fsp3) is 0.385. The Labute approximate surface area is 111 Å². The number of nitrogens with two attached hydrogens (primary N) is 1. The van der Waals surface area contributed by atoms with E-state index in [1.165, 1.54) is 25.3 Å². The lowest BCUT2D eigenvalue weighted by atomic mass is 10.1. The van der Waals surface area contributed by atoms with Crippen LogP contribution in [0.1, 0.15) is 30.1 Å². The zero-order valence-corrected chi connectivity index (χ0v) is 11.0. The molecule has 0 saturated carbocycles. The number of carboxylic acid groups (broad SMARTS) is 1. The number of benzene rings is 1. The summed E-state index contributed by atoms with van der Waals surface area (Å²) in [5.74, 6) is -1.04. The molecule has 0 aliphatic rings. The van der Waals surface area contributed by atoms with Crippen molar-refractivity contribution in [3.63, 3.8) is 0 Å². The number of amides is 1. The van der Waals surface area contributed by atoms with Crippen molar-refractivity contribution in [3.8, 4) is 5.75 Å². The number of aromatic carboxylic acids is 1. The van der Waals surface area contributed by atoms with Crippen LogP contribution in [0.25, 0.3) is 0 Å². The van der Waals surface area contributed by atoms with Gasteiger partial charge in [-0.15, -0.1) is 0 Å². The highest BCUT2D eigenvalue weighted by molar-refractivity contribution is 5.98.